The predicted molar refractivity (Wildman–Crippen MR) is 44.3 cm³/mol. The van der Waals surface area contributed by atoms with E-state index in [0.717, 1.165) is 0 Å². The minimum Gasteiger partial charge on any atom is -0.390 e. The van der Waals surface area contributed by atoms with Gasteiger partial charge in [0.1, 0.15) is 0 Å². The van der Waals surface area contributed by atoms with Gasteiger partial charge in [0, 0.05) is 5.75 Å². The highest BCUT2D eigenvalue weighted by molar-refractivity contribution is 8.01. The molecule has 1 saturated heterocycles. The predicted octanol–water partition coefficient (Wildman–Crippen LogP) is -1.13. The molecule has 0 saturated carbocycles. The summed E-state index contributed by atoms with van der Waals surface area (Å²) < 4.78 is 10.1. The smallest absolute Gasteiger partial charge is 0.261 e. The van der Waals surface area contributed by atoms with Gasteiger partial charge in [0.05, 0.1) is 18.1 Å². The molecule has 0 aliphatic carbocycles. The van der Waals surface area contributed by atoms with Crippen molar-refractivity contribution < 1.29 is 8.61 Å². The Bertz CT molecular complexity index is 110. The molecule has 1 unspecified atom stereocenters. The first-order valence-corrected chi connectivity index (χ1v) is 4.72. The summed E-state index contributed by atoms with van der Waals surface area (Å²) in [7, 11) is 0.652. The van der Waals surface area contributed by atoms with Crippen molar-refractivity contribution >= 4 is 35.2 Å². The maximum absolute atomic E-state index is 5.60. The Morgan fingerprint density at radius 1 is 2.00 bits per heavy atom. The molecule has 0 aromatic rings. The fourth-order valence-electron chi connectivity index (χ4n) is 0.496. The van der Waals surface area contributed by atoms with Gasteiger partial charge in [0.15, 0.2) is 10.5 Å². The average molecular weight is 183 g/mol. The number of hydrogen-bond donors (Lipinski definition) is 2. The van der Waals surface area contributed by atoms with Crippen LogP contribution in [0.1, 0.15) is 0 Å². The summed E-state index contributed by atoms with van der Waals surface area (Å²) in [5.74, 6) is 0.592. The van der Waals surface area contributed by atoms with E-state index in [2.05, 4.69) is 12.6 Å². The zero-order valence-electron chi connectivity index (χ0n) is 5.03. The van der Waals surface area contributed by atoms with Crippen molar-refractivity contribution in [3.63, 3.8) is 0 Å². The molecular weight excluding hydrogens is 174 g/mol. The molecule has 1 aliphatic rings. The Labute approximate surface area is 66.8 Å². The number of thiol groups is 1. The number of hydrogen-bond acceptors (Lipinski definition) is 5. The second kappa shape index (κ2) is 2.81. The quantitative estimate of drug-likeness (QED) is 0.252. The summed E-state index contributed by atoms with van der Waals surface area (Å²) >= 11 is 5.31. The van der Waals surface area contributed by atoms with E-state index >= 15 is 0 Å². The van der Waals surface area contributed by atoms with E-state index in [9.17, 15) is 0 Å². The van der Waals surface area contributed by atoms with Crippen LogP contribution in [0.4, 0.5) is 0 Å². The van der Waals surface area contributed by atoms with Crippen molar-refractivity contribution in [2.75, 3.05) is 5.75 Å². The van der Waals surface area contributed by atoms with Crippen LogP contribution in [0.5, 0.6) is 0 Å². The summed E-state index contributed by atoms with van der Waals surface area (Å²) in [4.78, 5) is 0. The standard InChI is InChI=1S/C3H9NO2S2Si/c4-2(1-7)3(6-9)5-8-3/h2,7H,1,4H2,9H3/t2-,3?/m0/s1. The fraction of sp³-hybridized carbons (Fsp3) is 1.00. The van der Waals surface area contributed by atoms with Gasteiger partial charge >= 0.3 is 0 Å². The van der Waals surface area contributed by atoms with Crippen LogP contribution < -0.4 is 5.73 Å². The summed E-state index contributed by atoms with van der Waals surface area (Å²) in [5, 5.41) is -0.520. The van der Waals surface area contributed by atoms with Crippen molar-refractivity contribution in [2.45, 2.75) is 11.2 Å². The Balaban J connectivity index is 2.39. The minimum absolute atomic E-state index is 0.108. The first-order valence-electron chi connectivity index (χ1n) is 2.53. The van der Waals surface area contributed by atoms with Crippen LogP contribution in [0.3, 0.4) is 0 Å². The van der Waals surface area contributed by atoms with Crippen LogP contribution >= 0.6 is 24.7 Å². The largest absolute Gasteiger partial charge is 0.390 e. The Morgan fingerprint density at radius 2 is 2.56 bits per heavy atom. The van der Waals surface area contributed by atoms with Gasteiger partial charge < -0.3 is 10.2 Å². The van der Waals surface area contributed by atoms with Crippen molar-refractivity contribution in [1.29, 1.82) is 0 Å². The lowest BCUT2D eigenvalue weighted by molar-refractivity contribution is 0.0531. The Morgan fingerprint density at radius 3 is 2.67 bits per heavy atom. The molecule has 3 nitrogen and oxygen atoms in total. The van der Waals surface area contributed by atoms with E-state index in [-0.39, 0.29) is 6.04 Å². The zero-order chi connectivity index (χ0) is 6.91. The van der Waals surface area contributed by atoms with Gasteiger partial charge in [-0.2, -0.15) is 12.6 Å². The van der Waals surface area contributed by atoms with E-state index in [4.69, 9.17) is 14.3 Å². The van der Waals surface area contributed by atoms with E-state index in [1.807, 2.05) is 0 Å². The highest BCUT2D eigenvalue weighted by Crippen LogP contribution is 2.49. The molecule has 0 amide bonds. The Hall–Kier alpha value is 0.797. The van der Waals surface area contributed by atoms with Gasteiger partial charge in [-0.25, -0.2) is 0 Å². The van der Waals surface area contributed by atoms with E-state index in [0.29, 0.717) is 16.2 Å². The van der Waals surface area contributed by atoms with Gasteiger partial charge in [-0.15, -0.1) is 0 Å². The number of rotatable bonds is 3. The highest BCUT2D eigenvalue weighted by Gasteiger charge is 2.52. The van der Waals surface area contributed by atoms with Crippen molar-refractivity contribution in [2.24, 2.45) is 5.73 Å². The van der Waals surface area contributed by atoms with Crippen LogP contribution in [-0.4, -0.2) is 27.4 Å². The van der Waals surface area contributed by atoms with Crippen LogP contribution in [0.15, 0.2) is 0 Å². The third-order valence-electron chi connectivity index (χ3n) is 1.18. The minimum atomic E-state index is -0.520. The lowest BCUT2D eigenvalue weighted by Gasteiger charge is -2.13. The monoisotopic (exact) mass is 183 g/mol. The first kappa shape index (κ1) is 7.90. The van der Waals surface area contributed by atoms with Gasteiger partial charge in [0.25, 0.3) is 5.12 Å². The molecule has 6 heteroatoms. The summed E-state index contributed by atoms with van der Waals surface area (Å²) in [6.45, 7) is 0. The van der Waals surface area contributed by atoms with E-state index in [1.54, 1.807) is 0 Å². The van der Waals surface area contributed by atoms with Crippen LogP contribution in [-0.2, 0) is 8.61 Å². The average Bonchev–Trinajstić information content (AvgIpc) is 2.66. The SMILES string of the molecule is N[C@@H](CS)C1(O[SiH3])OS1. The molecule has 1 heterocycles. The molecule has 2 N–H and O–H groups in total. The second-order valence-corrected chi connectivity index (χ2v) is 3.44. The molecular formula is C3H9NO2S2Si. The molecule has 0 aromatic heterocycles. The normalized spacial score (nSPS) is 36.7. The summed E-state index contributed by atoms with van der Waals surface area (Å²) in [5.41, 5.74) is 5.60. The van der Waals surface area contributed by atoms with E-state index < -0.39 is 5.12 Å². The van der Waals surface area contributed by atoms with Crippen molar-refractivity contribution in [1.82, 2.24) is 0 Å². The van der Waals surface area contributed by atoms with Crippen LogP contribution in [0.25, 0.3) is 0 Å². The maximum atomic E-state index is 5.60. The van der Waals surface area contributed by atoms with Crippen LogP contribution in [0.2, 0.25) is 0 Å². The molecule has 2 atom stereocenters. The van der Waals surface area contributed by atoms with Gasteiger partial charge in [-0.3, -0.25) is 4.18 Å². The number of nitrogens with two attached hydrogens (primary N) is 1. The molecule has 0 aromatic carbocycles. The molecule has 0 spiro atoms. The molecule has 1 aliphatic heterocycles. The molecule has 54 valence electrons. The highest BCUT2D eigenvalue weighted by atomic mass is 32.2. The molecule has 9 heavy (non-hydrogen) atoms. The van der Waals surface area contributed by atoms with Gasteiger partial charge in [0.2, 0.25) is 0 Å². The molecule has 0 bridgehead atoms. The molecule has 0 radical (unpaired) electrons. The molecule has 1 rings (SSSR count). The zero-order valence-corrected chi connectivity index (χ0v) is 8.74. The lowest BCUT2D eigenvalue weighted by Crippen LogP contribution is -2.39. The van der Waals surface area contributed by atoms with E-state index in [1.165, 1.54) is 12.0 Å². The second-order valence-electron chi connectivity index (χ2n) is 1.76. The van der Waals surface area contributed by atoms with Crippen molar-refractivity contribution in [3.8, 4) is 0 Å². The maximum Gasteiger partial charge on any atom is 0.261 e. The Kier molecular flexibility index (Phi) is 2.47. The van der Waals surface area contributed by atoms with Gasteiger partial charge in [-0.1, -0.05) is 0 Å². The summed E-state index contributed by atoms with van der Waals surface area (Å²) in [6, 6.07) is -0.108. The van der Waals surface area contributed by atoms with Crippen molar-refractivity contribution in [3.05, 3.63) is 0 Å². The first-order chi connectivity index (χ1) is 4.25. The van der Waals surface area contributed by atoms with Crippen LogP contribution in [0, 0.1) is 0 Å². The lowest BCUT2D eigenvalue weighted by atomic mass is 10.3. The third-order valence-corrected chi connectivity index (χ3v) is 3.44. The molecule has 1 fully saturated rings. The fourth-order valence-corrected chi connectivity index (χ4v) is 2.12. The topological polar surface area (TPSA) is 47.8 Å². The summed E-state index contributed by atoms with van der Waals surface area (Å²) in [6.07, 6.45) is 0. The van der Waals surface area contributed by atoms with Gasteiger partial charge in [-0.05, 0) is 0 Å². The third kappa shape index (κ3) is 1.44.